The Balaban J connectivity index is 1.61. The van der Waals surface area contributed by atoms with Crippen LogP contribution in [0.4, 0.5) is 0 Å². The number of aliphatic carboxylic acids is 1. The molecule has 1 saturated heterocycles. The van der Waals surface area contributed by atoms with Crippen LogP contribution in [0.3, 0.4) is 0 Å². The van der Waals surface area contributed by atoms with Crippen molar-refractivity contribution in [3.8, 4) is 0 Å². The van der Waals surface area contributed by atoms with E-state index in [4.69, 9.17) is 15.4 Å². The molecule has 3 rings (SSSR count). The van der Waals surface area contributed by atoms with E-state index < -0.39 is 11.5 Å². The van der Waals surface area contributed by atoms with Crippen molar-refractivity contribution < 1.29 is 14.4 Å². The lowest BCUT2D eigenvalue weighted by molar-refractivity contribution is -0.142. The molecule has 2 aliphatic rings. The van der Waals surface area contributed by atoms with Gasteiger partial charge < -0.3 is 15.4 Å². The highest BCUT2D eigenvalue weighted by Gasteiger charge is 2.41. The molecule has 0 radical (unpaired) electrons. The predicted molar refractivity (Wildman–Crippen MR) is 60.7 cm³/mol. The summed E-state index contributed by atoms with van der Waals surface area (Å²) in [6.45, 7) is 1.44. The summed E-state index contributed by atoms with van der Waals surface area (Å²) in [6, 6.07) is 0. The van der Waals surface area contributed by atoms with Gasteiger partial charge in [-0.05, 0) is 19.3 Å². The van der Waals surface area contributed by atoms with E-state index in [-0.39, 0.29) is 0 Å². The SMILES string of the molecule is NC1(C(=O)O)CCN(Cc2nc(C3CC3)no2)C1. The zero-order valence-electron chi connectivity index (χ0n) is 10.0. The molecule has 3 N–H and O–H groups in total. The number of nitrogens with zero attached hydrogens (tertiary/aromatic N) is 3. The maximum absolute atomic E-state index is 11.0. The summed E-state index contributed by atoms with van der Waals surface area (Å²) in [5.41, 5.74) is 4.66. The summed E-state index contributed by atoms with van der Waals surface area (Å²) in [7, 11) is 0. The molecular formula is C11H16N4O3. The topological polar surface area (TPSA) is 105 Å². The Morgan fingerprint density at radius 1 is 1.61 bits per heavy atom. The molecule has 0 bridgehead atoms. The third-order valence-corrected chi connectivity index (χ3v) is 3.59. The maximum atomic E-state index is 11.0. The molecule has 1 aromatic heterocycles. The van der Waals surface area contributed by atoms with Crippen molar-refractivity contribution >= 4 is 5.97 Å². The summed E-state index contributed by atoms with van der Waals surface area (Å²) in [4.78, 5) is 17.3. The van der Waals surface area contributed by atoms with E-state index in [9.17, 15) is 4.79 Å². The predicted octanol–water partition coefficient (Wildman–Crippen LogP) is -0.0652. The first-order chi connectivity index (χ1) is 8.57. The number of nitrogens with two attached hydrogens (primary N) is 1. The smallest absolute Gasteiger partial charge is 0.325 e. The highest BCUT2D eigenvalue weighted by Crippen LogP contribution is 2.38. The first kappa shape index (κ1) is 11.6. The van der Waals surface area contributed by atoms with Crippen LogP contribution < -0.4 is 5.73 Å². The molecule has 1 aliphatic heterocycles. The molecule has 1 saturated carbocycles. The highest BCUT2D eigenvalue weighted by molar-refractivity contribution is 5.79. The van der Waals surface area contributed by atoms with Crippen molar-refractivity contribution in [1.82, 2.24) is 15.0 Å². The van der Waals surface area contributed by atoms with Crippen molar-refractivity contribution in [3.63, 3.8) is 0 Å². The molecule has 18 heavy (non-hydrogen) atoms. The van der Waals surface area contributed by atoms with Crippen molar-refractivity contribution in [2.45, 2.75) is 37.3 Å². The number of carbonyl (C=O) groups is 1. The minimum Gasteiger partial charge on any atom is -0.480 e. The summed E-state index contributed by atoms with van der Waals surface area (Å²) in [5, 5.41) is 13.0. The van der Waals surface area contributed by atoms with Gasteiger partial charge in [0.15, 0.2) is 5.82 Å². The number of hydrogen-bond acceptors (Lipinski definition) is 6. The summed E-state index contributed by atoms with van der Waals surface area (Å²) in [6.07, 6.45) is 2.72. The van der Waals surface area contributed by atoms with Crippen LogP contribution in [0.1, 0.15) is 36.9 Å². The van der Waals surface area contributed by atoms with Gasteiger partial charge in [-0.1, -0.05) is 5.16 Å². The lowest BCUT2D eigenvalue weighted by Crippen LogP contribution is -2.50. The average Bonchev–Trinajstić information content (AvgIpc) is 2.96. The van der Waals surface area contributed by atoms with Crippen LogP contribution >= 0.6 is 0 Å². The second-order valence-corrected chi connectivity index (χ2v) is 5.24. The molecule has 0 amide bonds. The quantitative estimate of drug-likeness (QED) is 0.772. The summed E-state index contributed by atoms with van der Waals surface area (Å²) in [5.74, 6) is 0.843. The second kappa shape index (κ2) is 4.03. The summed E-state index contributed by atoms with van der Waals surface area (Å²) >= 11 is 0. The Morgan fingerprint density at radius 3 is 3.00 bits per heavy atom. The van der Waals surface area contributed by atoms with E-state index in [1.807, 2.05) is 4.90 Å². The third-order valence-electron chi connectivity index (χ3n) is 3.59. The van der Waals surface area contributed by atoms with Crippen molar-refractivity contribution in [3.05, 3.63) is 11.7 Å². The number of carboxylic acids is 1. The van der Waals surface area contributed by atoms with E-state index in [2.05, 4.69) is 10.1 Å². The Kier molecular flexibility index (Phi) is 2.60. The van der Waals surface area contributed by atoms with E-state index in [1.165, 1.54) is 0 Å². The molecule has 1 aromatic rings. The fraction of sp³-hybridized carbons (Fsp3) is 0.727. The van der Waals surface area contributed by atoms with Gasteiger partial charge in [0.2, 0.25) is 5.89 Å². The summed E-state index contributed by atoms with van der Waals surface area (Å²) < 4.78 is 5.17. The van der Waals surface area contributed by atoms with Gasteiger partial charge in [-0.15, -0.1) is 0 Å². The molecule has 1 atom stereocenters. The Hall–Kier alpha value is -1.47. The monoisotopic (exact) mass is 252 g/mol. The number of likely N-dealkylation sites (tertiary alicyclic amines) is 1. The Bertz CT molecular complexity index is 471. The van der Waals surface area contributed by atoms with Gasteiger partial charge in [0.05, 0.1) is 6.54 Å². The number of hydrogen-bond donors (Lipinski definition) is 2. The average molecular weight is 252 g/mol. The molecule has 7 heteroatoms. The molecule has 2 heterocycles. The van der Waals surface area contributed by atoms with Gasteiger partial charge in [0.1, 0.15) is 5.54 Å². The number of aromatic nitrogens is 2. The fourth-order valence-electron chi connectivity index (χ4n) is 2.26. The van der Waals surface area contributed by atoms with E-state index in [0.717, 1.165) is 18.7 Å². The van der Waals surface area contributed by atoms with Gasteiger partial charge >= 0.3 is 5.97 Å². The van der Waals surface area contributed by atoms with Gasteiger partial charge in [-0.2, -0.15) is 4.98 Å². The standard InChI is InChI=1S/C11H16N4O3/c12-11(10(16)17)3-4-15(6-11)5-8-13-9(14-18-8)7-1-2-7/h7H,1-6,12H2,(H,16,17). The molecule has 7 nitrogen and oxygen atoms in total. The fourth-order valence-corrected chi connectivity index (χ4v) is 2.26. The molecule has 1 aliphatic carbocycles. The zero-order chi connectivity index (χ0) is 12.8. The molecular weight excluding hydrogens is 236 g/mol. The highest BCUT2D eigenvalue weighted by atomic mass is 16.5. The van der Waals surface area contributed by atoms with Crippen molar-refractivity contribution in [2.75, 3.05) is 13.1 Å². The van der Waals surface area contributed by atoms with Crippen LogP contribution in [-0.4, -0.2) is 44.7 Å². The van der Waals surface area contributed by atoms with Gasteiger partial charge in [-0.25, -0.2) is 0 Å². The first-order valence-corrected chi connectivity index (χ1v) is 6.14. The third kappa shape index (κ3) is 2.11. The minimum atomic E-state index is -1.14. The molecule has 0 aromatic carbocycles. The van der Waals surface area contributed by atoms with Crippen LogP contribution in [0.2, 0.25) is 0 Å². The minimum absolute atomic E-state index is 0.323. The largest absolute Gasteiger partial charge is 0.480 e. The van der Waals surface area contributed by atoms with Crippen LogP contribution in [0.15, 0.2) is 4.52 Å². The molecule has 1 unspecified atom stereocenters. The lowest BCUT2D eigenvalue weighted by Gasteiger charge is -2.18. The zero-order valence-corrected chi connectivity index (χ0v) is 10.0. The van der Waals surface area contributed by atoms with Gasteiger partial charge in [-0.3, -0.25) is 9.69 Å². The van der Waals surface area contributed by atoms with Crippen molar-refractivity contribution in [1.29, 1.82) is 0 Å². The molecule has 2 fully saturated rings. The van der Waals surface area contributed by atoms with Gasteiger partial charge in [0.25, 0.3) is 0 Å². The Labute approximate surface area is 104 Å². The number of carboxylic acid groups (broad SMARTS) is 1. The van der Waals surface area contributed by atoms with E-state index in [1.54, 1.807) is 0 Å². The molecule has 98 valence electrons. The van der Waals surface area contributed by atoms with Crippen LogP contribution in [0, 0.1) is 0 Å². The number of rotatable bonds is 4. The van der Waals surface area contributed by atoms with Crippen LogP contribution in [0.5, 0.6) is 0 Å². The Morgan fingerprint density at radius 2 is 2.39 bits per heavy atom. The van der Waals surface area contributed by atoms with Gasteiger partial charge in [0, 0.05) is 19.0 Å². The van der Waals surface area contributed by atoms with E-state index in [0.29, 0.717) is 37.9 Å². The van der Waals surface area contributed by atoms with Crippen LogP contribution in [-0.2, 0) is 11.3 Å². The normalized spacial score (nSPS) is 28.7. The first-order valence-electron chi connectivity index (χ1n) is 6.14. The maximum Gasteiger partial charge on any atom is 0.325 e. The van der Waals surface area contributed by atoms with Crippen molar-refractivity contribution in [2.24, 2.45) is 5.73 Å². The second-order valence-electron chi connectivity index (χ2n) is 5.24. The van der Waals surface area contributed by atoms with E-state index >= 15 is 0 Å². The lowest BCUT2D eigenvalue weighted by atomic mass is 10.0. The van der Waals surface area contributed by atoms with Crippen LogP contribution in [0.25, 0.3) is 0 Å². The molecule has 0 spiro atoms.